The minimum Gasteiger partial charge on any atom is -0.486 e. The van der Waals surface area contributed by atoms with E-state index in [2.05, 4.69) is 18.9 Å². The van der Waals surface area contributed by atoms with E-state index in [0.29, 0.717) is 19.3 Å². The number of likely N-dealkylation sites (tertiary alicyclic amines) is 1. The van der Waals surface area contributed by atoms with Gasteiger partial charge in [0.1, 0.15) is 13.2 Å². The number of ether oxygens (including phenoxy) is 2. The van der Waals surface area contributed by atoms with Gasteiger partial charge in [-0.15, -0.1) is 0 Å². The Bertz CT molecular complexity index is 476. The van der Waals surface area contributed by atoms with Gasteiger partial charge in [-0.3, -0.25) is 0 Å². The molecule has 104 valence electrons. The summed E-state index contributed by atoms with van der Waals surface area (Å²) in [6.07, 6.45) is 1.51. The molecule has 3 rings (SSSR count). The molecule has 19 heavy (non-hydrogen) atoms. The molecule has 1 N–H and O–H groups in total. The predicted octanol–water partition coefficient (Wildman–Crippen LogP) is 1.76. The van der Waals surface area contributed by atoms with E-state index >= 15 is 0 Å². The van der Waals surface area contributed by atoms with Crippen molar-refractivity contribution in [1.82, 2.24) is 4.90 Å². The van der Waals surface area contributed by atoms with Crippen molar-refractivity contribution in [2.24, 2.45) is 0 Å². The molecule has 1 saturated heterocycles. The minimum atomic E-state index is -0.748. The molecule has 2 aliphatic heterocycles. The molecule has 2 heterocycles. The Morgan fingerprint density at radius 2 is 2.00 bits per heavy atom. The van der Waals surface area contributed by atoms with Crippen molar-refractivity contribution in [3.05, 3.63) is 23.8 Å². The van der Waals surface area contributed by atoms with Gasteiger partial charge in [0.25, 0.3) is 0 Å². The second-order valence-corrected chi connectivity index (χ2v) is 5.67. The van der Waals surface area contributed by atoms with Crippen LogP contribution < -0.4 is 9.47 Å². The van der Waals surface area contributed by atoms with Crippen LogP contribution in [0.25, 0.3) is 0 Å². The van der Waals surface area contributed by atoms with Gasteiger partial charge in [0.15, 0.2) is 11.5 Å². The fraction of sp³-hybridized carbons (Fsp3) is 0.600. The molecule has 4 heteroatoms. The topological polar surface area (TPSA) is 41.9 Å². The highest BCUT2D eigenvalue weighted by atomic mass is 16.6. The van der Waals surface area contributed by atoms with Crippen LogP contribution in [0.3, 0.4) is 0 Å². The molecule has 0 spiro atoms. The van der Waals surface area contributed by atoms with Crippen molar-refractivity contribution in [3.8, 4) is 11.5 Å². The third-order valence-electron chi connectivity index (χ3n) is 4.34. The summed E-state index contributed by atoms with van der Waals surface area (Å²) in [5.41, 5.74) is 0.193. The van der Waals surface area contributed by atoms with E-state index in [-0.39, 0.29) is 0 Å². The Kier molecular flexibility index (Phi) is 3.15. The molecule has 4 nitrogen and oxygen atoms in total. The number of aliphatic hydroxyl groups is 1. The number of rotatable bonds is 1. The van der Waals surface area contributed by atoms with Gasteiger partial charge >= 0.3 is 0 Å². The number of hydrogen-bond donors (Lipinski definition) is 1. The number of benzene rings is 1. The van der Waals surface area contributed by atoms with Crippen LogP contribution in [-0.2, 0) is 5.60 Å². The van der Waals surface area contributed by atoms with Gasteiger partial charge in [0, 0.05) is 12.6 Å². The van der Waals surface area contributed by atoms with Crippen LogP contribution in [0.1, 0.15) is 25.3 Å². The van der Waals surface area contributed by atoms with Crippen LogP contribution in [-0.4, -0.2) is 42.9 Å². The first kappa shape index (κ1) is 12.8. The third kappa shape index (κ3) is 2.30. The molecule has 0 aliphatic carbocycles. The Morgan fingerprint density at radius 3 is 2.74 bits per heavy atom. The van der Waals surface area contributed by atoms with Crippen LogP contribution in [0.2, 0.25) is 0 Å². The highest BCUT2D eigenvalue weighted by Crippen LogP contribution is 2.39. The Labute approximate surface area is 113 Å². The molecule has 0 saturated carbocycles. The van der Waals surface area contributed by atoms with E-state index in [9.17, 15) is 5.11 Å². The summed E-state index contributed by atoms with van der Waals surface area (Å²) in [5.74, 6) is 1.53. The summed E-state index contributed by atoms with van der Waals surface area (Å²) in [6, 6.07) is 6.19. The lowest BCUT2D eigenvalue weighted by atomic mass is 9.81. The first-order chi connectivity index (χ1) is 9.08. The van der Waals surface area contributed by atoms with Crippen molar-refractivity contribution in [2.75, 3.05) is 26.8 Å². The molecule has 0 amide bonds. The predicted molar refractivity (Wildman–Crippen MR) is 72.7 cm³/mol. The third-order valence-corrected chi connectivity index (χ3v) is 4.34. The second kappa shape index (κ2) is 4.69. The fourth-order valence-corrected chi connectivity index (χ4v) is 2.92. The zero-order valence-electron chi connectivity index (χ0n) is 11.6. The first-order valence-electron chi connectivity index (χ1n) is 6.91. The monoisotopic (exact) mass is 263 g/mol. The van der Waals surface area contributed by atoms with Gasteiger partial charge in [-0.25, -0.2) is 0 Å². The lowest BCUT2D eigenvalue weighted by Gasteiger charge is -2.41. The van der Waals surface area contributed by atoms with E-state index in [1.165, 1.54) is 0 Å². The number of fused-ring (bicyclic) bond motifs is 1. The van der Waals surface area contributed by atoms with Crippen molar-refractivity contribution in [3.63, 3.8) is 0 Å². The van der Waals surface area contributed by atoms with Gasteiger partial charge in [-0.2, -0.15) is 0 Å². The van der Waals surface area contributed by atoms with Crippen LogP contribution in [0.15, 0.2) is 18.2 Å². The smallest absolute Gasteiger partial charge is 0.161 e. The zero-order chi connectivity index (χ0) is 13.5. The fourth-order valence-electron chi connectivity index (χ4n) is 2.92. The normalized spacial score (nSPS) is 31.2. The number of piperidine rings is 1. The molecule has 1 fully saturated rings. The first-order valence-corrected chi connectivity index (χ1v) is 6.91. The molecular formula is C15H21NO3. The molecule has 0 radical (unpaired) electrons. The summed E-state index contributed by atoms with van der Waals surface area (Å²) in [6.45, 7) is 4.24. The summed E-state index contributed by atoms with van der Waals surface area (Å²) < 4.78 is 11.1. The van der Waals surface area contributed by atoms with E-state index in [1.807, 2.05) is 18.2 Å². The summed E-state index contributed by atoms with van der Waals surface area (Å²) in [7, 11) is 2.11. The lowest BCUT2D eigenvalue weighted by Crippen LogP contribution is -2.45. The van der Waals surface area contributed by atoms with Crippen LogP contribution >= 0.6 is 0 Å². The molecule has 0 bridgehead atoms. The zero-order valence-corrected chi connectivity index (χ0v) is 11.6. The maximum atomic E-state index is 10.9. The van der Waals surface area contributed by atoms with E-state index < -0.39 is 5.60 Å². The number of hydrogen-bond acceptors (Lipinski definition) is 4. The Balaban J connectivity index is 1.89. The molecule has 0 aromatic heterocycles. The van der Waals surface area contributed by atoms with Gasteiger partial charge in [-0.1, -0.05) is 6.07 Å². The van der Waals surface area contributed by atoms with Gasteiger partial charge < -0.3 is 19.5 Å². The van der Waals surface area contributed by atoms with Crippen LogP contribution in [0.5, 0.6) is 11.5 Å². The van der Waals surface area contributed by atoms with Crippen molar-refractivity contribution in [2.45, 2.75) is 31.4 Å². The average molecular weight is 263 g/mol. The lowest BCUT2D eigenvalue weighted by molar-refractivity contribution is -0.0411. The maximum Gasteiger partial charge on any atom is 0.161 e. The average Bonchev–Trinajstić information content (AvgIpc) is 2.43. The van der Waals surface area contributed by atoms with Crippen molar-refractivity contribution < 1.29 is 14.6 Å². The van der Waals surface area contributed by atoms with Crippen molar-refractivity contribution in [1.29, 1.82) is 0 Å². The van der Waals surface area contributed by atoms with E-state index in [1.54, 1.807) is 0 Å². The molecule has 2 atom stereocenters. The second-order valence-electron chi connectivity index (χ2n) is 5.67. The van der Waals surface area contributed by atoms with Crippen LogP contribution in [0, 0.1) is 0 Å². The van der Waals surface area contributed by atoms with E-state index in [0.717, 1.165) is 36.4 Å². The van der Waals surface area contributed by atoms with Gasteiger partial charge in [-0.05, 0) is 44.5 Å². The maximum absolute atomic E-state index is 10.9. The summed E-state index contributed by atoms with van der Waals surface area (Å²) in [5, 5.41) is 10.9. The molecule has 1 aromatic carbocycles. The Morgan fingerprint density at radius 1 is 1.26 bits per heavy atom. The molecule has 2 aliphatic rings. The van der Waals surface area contributed by atoms with Gasteiger partial charge in [0.2, 0.25) is 0 Å². The molecule has 1 aromatic rings. The SMILES string of the molecule is CC1CC(O)(c2ccc3c(c2)OCCO3)CCN1C. The van der Waals surface area contributed by atoms with E-state index in [4.69, 9.17) is 9.47 Å². The molecule has 2 unspecified atom stereocenters. The highest BCUT2D eigenvalue weighted by Gasteiger charge is 2.37. The Hall–Kier alpha value is -1.26. The molecular weight excluding hydrogens is 242 g/mol. The minimum absolute atomic E-state index is 0.381. The number of nitrogens with zero attached hydrogens (tertiary/aromatic N) is 1. The largest absolute Gasteiger partial charge is 0.486 e. The van der Waals surface area contributed by atoms with Crippen molar-refractivity contribution >= 4 is 0 Å². The van der Waals surface area contributed by atoms with Crippen LogP contribution in [0.4, 0.5) is 0 Å². The standard InChI is InChI=1S/C15H21NO3/c1-11-10-15(17,5-6-16(11)2)12-3-4-13-14(9-12)19-8-7-18-13/h3-4,9,11,17H,5-8,10H2,1-2H3. The quantitative estimate of drug-likeness (QED) is 0.838. The highest BCUT2D eigenvalue weighted by molar-refractivity contribution is 5.45. The summed E-state index contributed by atoms with van der Waals surface area (Å²) >= 11 is 0. The summed E-state index contributed by atoms with van der Waals surface area (Å²) in [4.78, 5) is 2.28. The van der Waals surface area contributed by atoms with Gasteiger partial charge in [0.05, 0.1) is 5.60 Å².